The quantitative estimate of drug-likeness (QED) is 0.0482. The van der Waals surface area contributed by atoms with Gasteiger partial charge in [0.2, 0.25) is 17.7 Å². The summed E-state index contributed by atoms with van der Waals surface area (Å²) in [6.07, 6.45) is 4.21. The third kappa shape index (κ3) is 9.10. The molecule has 0 radical (unpaired) electrons. The van der Waals surface area contributed by atoms with E-state index >= 15 is 0 Å². The van der Waals surface area contributed by atoms with Crippen LogP contribution in [0.2, 0.25) is 0 Å². The number of nitrogens with one attached hydrogen (secondary N) is 5. The third-order valence-corrected chi connectivity index (χ3v) is 7.99. The highest BCUT2D eigenvalue weighted by Gasteiger charge is 2.32. The molecule has 0 spiro atoms. The number of H-pyrrole nitrogens is 2. The number of carboxylic acid groups (broad SMARTS) is 1. The van der Waals surface area contributed by atoms with E-state index in [1.54, 1.807) is 20.0 Å². The molecule has 0 aliphatic carbocycles. The van der Waals surface area contributed by atoms with Gasteiger partial charge in [-0.1, -0.05) is 50.2 Å². The fourth-order valence-corrected chi connectivity index (χ4v) is 5.45. The molecule has 2 aromatic heterocycles. The molecule has 4 atom stereocenters. The summed E-state index contributed by atoms with van der Waals surface area (Å²) in [4.78, 5) is 62.8. The van der Waals surface area contributed by atoms with E-state index in [0.717, 1.165) is 32.9 Å². The Balaban J connectivity index is 1.50. The minimum absolute atomic E-state index is 0.0563. The standard InChI is InChI=1S/C33H43N9O5/c1-18(2)28(42-29(43)23(34)14-19-16-38-24-10-5-3-8-21(19)24)31(45)41-27(15-20-17-39-25-11-6-4-9-22(20)25)30(44)40-26(32(46)47)12-7-13-37-33(35)36/h3-6,8-11,16-18,23,26-28,38-39H,7,12-15,34H2,1-2H3,(H,40,44)(H,41,45)(H,42,43)(H,46,47)(H4,35,36,37). The van der Waals surface area contributed by atoms with Gasteiger partial charge in [-0.3, -0.25) is 19.4 Å². The molecule has 2 heterocycles. The minimum Gasteiger partial charge on any atom is -0.480 e. The topological polar surface area (TPSA) is 247 Å². The molecule has 4 unspecified atom stereocenters. The van der Waals surface area contributed by atoms with E-state index in [2.05, 4.69) is 30.9 Å². The Bertz CT molecular complexity index is 1740. The van der Waals surface area contributed by atoms with Gasteiger partial charge in [0.15, 0.2) is 5.96 Å². The number of fused-ring (bicyclic) bond motifs is 2. The molecule has 0 saturated carbocycles. The van der Waals surface area contributed by atoms with Crippen LogP contribution in [0.5, 0.6) is 0 Å². The molecular formula is C33H43N9O5. The highest BCUT2D eigenvalue weighted by Crippen LogP contribution is 2.21. The number of nitrogens with zero attached hydrogens (tertiary/aromatic N) is 1. The normalized spacial score (nSPS) is 13.9. The van der Waals surface area contributed by atoms with Crippen molar-refractivity contribution in [3.63, 3.8) is 0 Å². The molecule has 3 amide bonds. The average Bonchev–Trinajstić information content (AvgIpc) is 3.64. The Morgan fingerprint density at radius 2 is 1.34 bits per heavy atom. The Kier molecular flexibility index (Phi) is 11.6. The summed E-state index contributed by atoms with van der Waals surface area (Å²) in [5.41, 5.74) is 20.4. The fourth-order valence-electron chi connectivity index (χ4n) is 5.45. The van der Waals surface area contributed by atoms with Crippen molar-refractivity contribution in [2.45, 2.75) is 63.7 Å². The molecule has 12 N–H and O–H groups in total. The summed E-state index contributed by atoms with van der Waals surface area (Å²) < 4.78 is 0. The number of amides is 3. The number of carbonyl (C=O) groups is 4. The number of carboxylic acids is 1. The molecule has 0 fully saturated rings. The van der Waals surface area contributed by atoms with Crippen LogP contribution in [0.1, 0.15) is 37.8 Å². The van der Waals surface area contributed by atoms with Gasteiger partial charge < -0.3 is 48.2 Å². The van der Waals surface area contributed by atoms with Crippen LogP contribution >= 0.6 is 0 Å². The van der Waals surface area contributed by atoms with Gasteiger partial charge in [0, 0.05) is 47.2 Å². The molecule has 14 heteroatoms. The number of aliphatic carboxylic acids is 1. The van der Waals surface area contributed by atoms with Crippen LogP contribution in [0.3, 0.4) is 0 Å². The Hall–Kier alpha value is -5.37. The zero-order chi connectivity index (χ0) is 34.1. The number of rotatable bonds is 16. The van der Waals surface area contributed by atoms with E-state index < -0.39 is 47.9 Å². The summed E-state index contributed by atoms with van der Waals surface area (Å²) in [5, 5.41) is 19.7. The van der Waals surface area contributed by atoms with Crippen molar-refractivity contribution in [2.24, 2.45) is 28.1 Å². The van der Waals surface area contributed by atoms with Crippen LogP contribution in [-0.2, 0) is 32.0 Å². The number of aliphatic imine (C=N–C) groups is 1. The van der Waals surface area contributed by atoms with Crippen molar-refractivity contribution in [2.75, 3.05) is 6.54 Å². The van der Waals surface area contributed by atoms with E-state index in [1.807, 2.05) is 54.7 Å². The molecule has 250 valence electrons. The van der Waals surface area contributed by atoms with E-state index in [9.17, 15) is 24.3 Å². The van der Waals surface area contributed by atoms with Crippen molar-refractivity contribution < 1.29 is 24.3 Å². The van der Waals surface area contributed by atoms with Gasteiger partial charge in [-0.15, -0.1) is 0 Å². The number of hydrogen-bond acceptors (Lipinski definition) is 6. The maximum atomic E-state index is 13.7. The molecular weight excluding hydrogens is 602 g/mol. The predicted octanol–water partition coefficient (Wildman–Crippen LogP) is 1.01. The second-order valence-corrected chi connectivity index (χ2v) is 11.9. The lowest BCUT2D eigenvalue weighted by Crippen LogP contribution is -2.59. The number of para-hydroxylation sites is 2. The molecule has 4 rings (SSSR count). The first-order valence-electron chi connectivity index (χ1n) is 15.5. The summed E-state index contributed by atoms with van der Waals surface area (Å²) >= 11 is 0. The maximum Gasteiger partial charge on any atom is 0.326 e. The Morgan fingerprint density at radius 3 is 1.89 bits per heavy atom. The van der Waals surface area contributed by atoms with Crippen LogP contribution in [0.25, 0.3) is 21.8 Å². The van der Waals surface area contributed by atoms with Crippen molar-refractivity contribution in [3.05, 3.63) is 72.1 Å². The number of nitrogens with two attached hydrogens (primary N) is 3. The SMILES string of the molecule is CC(C)C(NC(=O)C(N)Cc1c[nH]c2ccccc12)C(=O)NC(Cc1c[nH]c2ccccc12)C(=O)NC(CCCN=C(N)N)C(=O)O. The first-order valence-corrected chi connectivity index (χ1v) is 15.5. The minimum atomic E-state index is -1.25. The fraction of sp³-hybridized carbons (Fsp3) is 0.364. The first kappa shape index (κ1) is 34.5. The lowest BCUT2D eigenvalue weighted by Gasteiger charge is -2.27. The smallest absolute Gasteiger partial charge is 0.326 e. The molecule has 4 aromatic rings. The second kappa shape index (κ2) is 15.8. The Labute approximate surface area is 271 Å². The first-order chi connectivity index (χ1) is 22.4. The van der Waals surface area contributed by atoms with E-state index in [4.69, 9.17) is 17.2 Å². The van der Waals surface area contributed by atoms with Crippen molar-refractivity contribution in [1.29, 1.82) is 0 Å². The number of hydrogen-bond donors (Lipinski definition) is 9. The summed E-state index contributed by atoms with van der Waals surface area (Å²) in [6.45, 7) is 3.72. The van der Waals surface area contributed by atoms with Gasteiger partial charge in [-0.2, -0.15) is 0 Å². The van der Waals surface area contributed by atoms with Crippen LogP contribution in [0.15, 0.2) is 65.9 Å². The average molecular weight is 646 g/mol. The number of aromatic nitrogens is 2. The second-order valence-electron chi connectivity index (χ2n) is 11.9. The van der Waals surface area contributed by atoms with Crippen LogP contribution in [0.4, 0.5) is 0 Å². The molecule has 47 heavy (non-hydrogen) atoms. The lowest BCUT2D eigenvalue weighted by molar-refractivity contribution is -0.142. The molecule has 2 aromatic carbocycles. The largest absolute Gasteiger partial charge is 0.480 e. The monoisotopic (exact) mass is 645 g/mol. The van der Waals surface area contributed by atoms with Crippen molar-refractivity contribution in [1.82, 2.24) is 25.9 Å². The van der Waals surface area contributed by atoms with Gasteiger partial charge in [0.25, 0.3) is 0 Å². The van der Waals surface area contributed by atoms with E-state index in [0.29, 0.717) is 6.42 Å². The van der Waals surface area contributed by atoms with Gasteiger partial charge in [0.05, 0.1) is 6.04 Å². The summed E-state index contributed by atoms with van der Waals surface area (Å²) in [5.74, 6) is -3.54. The van der Waals surface area contributed by atoms with E-state index in [-0.39, 0.29) is 37.7 Å². The lowest BCUT2D eigenvalue weighted by atomic mass is 9.99. The van der Waals surface area contributed by atoms with Gasteiger partial charge >= 0.3 is 5.97 Å². The molecule has 0 bridgehead atoms. The third-order valence-electron chi connectivity index (χ3n) is 7.99. The van der Waals surface area contributed by atoms with Crippen molar-refractivity contribution >= 4 is 51.5 Å². The summed E-state index contributed by atoms with van der Waals surface area (Å²) in [6, 6.07) is 10.8. The number of carbonyl (C=O) groups excluding carboxylic acids is 3. The number of benzene rings is 2. The Morgan fingerprint density at radius 1 is 0.787 bits per heavy atom. The number of guanidine groups is 1. The van der Waals surface area contributed by atoms with Gasteiger partial charge in [-0.05, 0) is 48.4 Å². The summed E-state index contributed by atoms with van der Waals surface area (Å²) in [7, 11) is 0. The van der Waals surface area contributed by atoms with Crippen LogP contribution in [-0.4, -0.2) is 75.4 Å². The zero-order valence-corrected chi connectivity index (χ0v) is 26.5. The highest BCUT2D eigenvalue weighted by molar-refractivity contribution is 5.95. The molecule has 0 aliphatic heterocycles. The van der Waals surface area contributed by atoms with Crippen LogP contribution < -0.4 is 33.2 Å². The zero-order valence-electron chi connectivity index (χ0n) is 26.5. The van der Waals surface area contributed by atoms with Crippen LogP contribution in [0, 0.1) is 5.92 Å². The molecule has 0 aliphatic rings. The predicted molar refractivity (Wildman–Crippen MR) is 180 cm³/mol. The maximum absolute atomic E-state index is 13.7. The van der Waals surface area contributed by atoms with Gasteiger partial charge in [0.1, 0.15) is 18.1 Å². The highest BCUT2D eigenvalue weighted by atomic mass is 16.4. The molecule has 0 saturated heterocycles. The molecule has 14 nitrogen and oxygen atoms in total. The van der Waals surface area contributed by atoms with Crippen molar-refractivity contribution in [3.8, 4) is 0 Å². The van der Waals surface area contributed by atoms with E-state index in [1.165, 1.54) is 0 Å². The van der Waals surface area contributed by atoms with Gasteiger partial charge in [-0.25, -0.2) is 4.79 Å². The number of aromatic amines is 2.